The number of para-hydroxylation sites is 1. The molecule has 4 nitrogen and oxygen atoms in total. The van der Waals surface area contributed by atoms with E-state index in [2.05, 4.69) is 295 Å². The molecule has 2 aromatic heterocycles. The van der Waals surface area contributed by atoms with Crippen molar-refractivity contribution in [1.82, 2.24) is 0 Å². The number of furan rings is 1. The standard InChI is InChI=1S/C41H43N.C38H37NO.C38H37NS/c1-41(2)38-8-4-3-6-34(38)35-7-5-9-39(40(35)41)42(32-18-14-28(15-19-32)36-24-26-10-12-30(36)22-26)33-20-16-29(17-21-33)37-25-27-11-13-31(37)23-27;2*1-2-4-37-33(3-1)36-23-32(17-18-38(36)40-37)39(30-13-9-26(10-14-30)34-21-24-5-7-28(34)19-24)31-15-11-27(12-16-31)35-22-25-6-8-29(35)20-25/h3-9,14-21,26-27,30-31,36-37H,10-13,22-25H2,1-2H3;2*1-4,9-18,23-25,28-29,34-35H,5-8,19-22H2. The summed E-state index contributed by atoms with van der Waals surface area (Å²) in [7, 11) is 0. The SMILES string of the molecule is CC1(C)c2ccccc2-c2cccc(N(c3ccc(C4CC5CCC4C5)cc3)c3ccc(C4CC5CCC4C5)cc3)c21.c1ccc2c(c1)oc1ccc(N(c3ccc(C4CC5CCC4C5)cc3)c3ccc(C4CC5CCC4C5)cc3)cc12.c1ccc2c(c1)sc1ccc(N(c3ccc(C4CC5CCC4C5)cc3)c3ccc(C4CC5CCC4C5)cc3)cc12. The Morgan fingerprint density at radius 1 is 0.254 bits per heavy atom. The number of benzene rings is 12. The molecule has 0 spiro atoms. The molecular formula is C117H117N3OS. The Kier molecular flexibility index (Phi) is 18.5. The van der Waals surface area contributed by atoms with Crippen molar-refractivity contribution in [3.05, 3.63) is 317 Å². The third-order valence-electron chi connectivity index (χ3n) is 34.9. The summed E-state index contributed by atoms with van der Waals surface area (Å²) in [6.45, 7) is 4.83. The summed E-state index contributed by atoms with van der Waals surface area (Å²) in [5.74, 6) is 15.9. The topological polar surface area (TPSA) is 22.9 Å². The molecule has 18 atom stereocenters. The fourth-order valence-electron chi connectivity index (χ4n) is 29.2. The molecule has 12 bridgehead atoms. The molecule has 5 heteroatoms. The number of nitrogens with zero attached hydrogens (tertiary/aromatic N) is 3. The van der Waals surface area contributed by atoms with Crippen molar-refractivity contribution in [2.24, 2.45) is 71.0 Å². The van der Waals surface area contributed by atoms with Crippen LogP contribution in [0, 0.1) is 71.0 Å². The van der Waals surface area contributed by atoms with Crippen LogP contribution in [0.25, 0.3) is 53.2 Å². The van der Waals surface area contributed by atoms with Gasteiger partial charge in [0.25, 0.3) is 0 Å². The van der Waals surface area contributed by atoms with Crippen LogP contribution in [-0.4, -0.2) is 0 Å². The van der Waals surface area contributed by atoms with Crippen molar-refractivity contribution in [1.29, 1.82) is 0 Å². The lowest BCUT2D eigenvalue weighted by molar-refractivity contribution is 0.420. The number of hydrogen-bond acceptors (Lipinski definition) is 5. The van der Waals surface area contributed by atoms with E-state index in [4.69, 9.17) is 4.42 Å². The molecule has 0 saturated heterocycles. The highest BCUT2D eigenvalue weighted by Gasteiger charge is 2.47. The van der Waals surface area contributed by atoms with Gasteiger partial charge in [0.1, 0.15) is 11.2 Å². The molecule has 18 unspecified atom stereocenters. The van der Waals surface area contributed by atoms with Gasteiger partial charge in [0.05, 0.1) is 5.69 Å². The summed E-state index contributed by atoms with van der Waals surface area (Å²) in [4.78, 5) is 7.49. The van der Waals surface area contributed by atoms with Gasteiger partial charge in [-0.2, -0.15) is 0 Å². The van der Waals surface area contributed by atoms with Crippen molar-refractivity contribution in [2.75, 3.05) is 14.7 Å². The first-order valence-corrected chi connectivity index (χ1v) is 49.0. The Morgan fingerprint density at radius 3 is 0.967 bits per heavy atom. The second-order valence-electron chi connectivity index (χ2n) is 41.7. The summed E-state index contributed by atoms with van der Waals surface area (Å²) in [6.07, 6.45) is 34.5. The van der Waals surface area contributed by atoms with E-state index in [-0.39, 0.29) is 5.41 Å². The predicted molar refractivity (Wildman–Crippen MR) is 510 cm³/mol. The Balaban J connectivity index is 0.000000101. The number of hydrogen-bond donors (Lipinski definition) is 0. The summed E-state index contributed by atoms with van der Waals surface area (Å²) in [6, 6.07) is 105. The molecule has 12 aromatic carbocycles. The van der Waals surface area contributed by atoms with Crippen molar-refractivity contribution >= 4 is 105 Å². The van der Waals surface area contributed by atoms with Crippen molar-refractivity contribution < 1.29 is 4.42 Å². The smallest absolute Gasteiger partial charge is 0.135 e. The Morgan fingerprint density at radius 2 is 0.574 bits per heavy atom. The van der Waals surface area contributed by atoms with Gasteiger partial charge < -0.3 is 19.1 Å². The van der Waals surface area contributed by atoms with E-state index in [1.54, 1.807) is 33.4 Å². The largest absolute Gasteiger partial charge is 0.456 e. The van der Waals surface area contributed by atoms with Gasteiger partial charge in [-0.1, -0.05) is 198 Å². The van der Waals surface area contributed by atoms with Gasteiger partial charge in [-0.3, -0.25) is 0 Å². The van der Waals surface area contributed by atoms with Gasteiger partial charge >= 0.3 is 0 Å². The lowest BCUT2D eigenvalue weighted by Gasteiger charge is -2.33. The highest BCUT2D eigenvalue weighted by atomic mass is 32.1. The van der Waals surface area contributed by atoms with Gasteiger partial charge in [-0.15, -0.1) is 11.3 Å². The summed E-state index contributed by atoms with van der Waals surface area (Å²) in [5.41, 5.74) is 28.1. The number of fused-ring (bicyclic) bond motifs is 21. The maximum absolute atomic E-state index is 6.17. The second kappa shape index (κ2) is 30.2. The molecule has 2 heterocycles. The third kappa shape index (κ3) is 13.0. The summed E-state index contributed by atoms with van der Waals surface area (Å²) >= 11 is 1.90. The van der Waals surface area contributed by atoms with Gasteiger partial charge in [-0.05, 0) is 405 Å². The zero-order valence-electron chi connectivity index (χ0n) is 71.5. The van der Waals surface area contributed by atoms with Crippen molar-refractivity contribution in [2.45, 2.75) is 209 Å². The molecule has 13 aliphatic rings. The van der Waals surface area contributed by atoms with Crippen LogP contribution < -0.4 is 14.7 Å². The van der Waals surface area contributed by atoms with Crippen LogP contribution in [-0.2, 0) is 5.41 Å². The average molecular weight is 1610 g/mol. The fourth-order valence-corrected chi connectivity index (χ4v) is 30.3. The lowest BCUT2D eigenvalue weighted by atomic mass is 9.81. The number of anilines is 9. The van der Waals surface area contributed by atoms with E-state index >= 15 is 0 Å². The third-order valence-corrected chi connectivity index (χ3v) is 36.1. The van der Waals surface area contributed by atoms with Gasteiger partial charge in [0, 0.05) is 81.9 Å². The molecule has 0 aliphatic heterocycles. The van der Waals surface area contributed by atoms with E-state index in [1.165, 1.54) is 258 Å². The molecule has 0 N–H and O–H groups in total. The quantitative estimate of drug-likeness (QED) is 0.102. The lowest BCUT2D eigenvalue weighted by Crippen LogP contribution is -2.20. The predicted octanol–water partition coefficient (Wildman–Crippen LogP) is 33.5. The molecule has 13 aliphatic carbocycles. The van der Waals surface area contributed by atoms with Crippen LogP contribution in [0.5, 0.6) is 0 Å². The van der Waals surface area contributed by atoms with Gasteiger partial charge in [0.15, 0.2) is 0 Å². The maximum atomic E-state index is 6.17. The zero-order valence-corrected chi connectivity index (χ0v) is 72.3. The Bertz CT molecular complexity index is 5780. The normalized spacial score (nSPS) is 29.0. The highest BCUT2D eigenvalue weighted by molar-refractivity contribution is 7.25. The molecule has 12 saturated carbocycles. The fraction of sp³-hybridized carbons (Fsp3) is 0.385. The van der Waals surface area contributed by atoms with E-state index < -0.39 is 0 Å². The van der Waals surface area contributed by atoms with Crippen molar-refractivity contribution in [3.63, 3.8) is 0 Å². The Labute approximate surface area is 727 Å². The number of rotatable bonds is 15. The highest BCUT2D eigenvalue weighted by Crippen LogP contribution is 2.61. The van der Waals surface area contributed by atoms with Crippen LogP contribution in [0.3, 0.4) is 0 Å². The van der Waals surface area contributed by atoms with E-state index in [1.807, 2.05) is 17.4 Å². The van der Waals surface area contributed by atoms with Crippen LogP contribution in [0.1, 0.15) is 248 Å². The number of thiophene rings is 1. The van der Waals surface area contributed by atoms with Gasteiger partial charge in [-0.25, -0.2) is 0 Å². The van der Waals surface area contributed by atoms with Crippen LogP contribution >= 0.6 is 11.3 Å². The molecule has 0 amide bonds. The minimum Gasteiger partial charge on any atom is -0.456 e. The Hall–Kier alpha value is -9.94. The monoisotopic (exact) mass is 1610 g/mol. The van der Waals surface area contributed by atoms with Crippen LogP contribution in [0.4, 0.5) is 51.2 Å². The van der Waals surface area contributed by atoms with E-state index in [0.29, 0.717) is 0 Å². The molecule has 612 valence electrons. The molecule has 0 radical (unpaired) electrons. The van der Waals surface area contributed by atoms with Crippen molar-refractivity contribution in [3.8, 4) is 11.1 Å². The van der Waals surface area contributed by atoms with E-state index in [9.17, 15) is 0 Å². The minimum atomic E-state index is -0.0627. The molecule has 14 aromatic rings. The van der Waals surface area contributed by atoms with E-state index in [0.717, 1.165) is 118 Å². The molecule has 12 fully saturated rings. The summed E-state index contributed by atoms with van der Waals surface area (Å²) < 4.78 is 8.91. The molecule has 27 rings (SSSR count). The maximum Gasteiger partial charge on any atom is 0.135 e. The minimum absolute atomic E-state index is 0.0627. The van der Waals surface area contributed by atoms with Crippen LogP contribution in [0.15, 0.2) is 277 Å². The van der Waals surface area contributed by atoms with Gasteiger partial charge in [0.2, 0.25) is 0 Å². The first kappa shape index (κ1) is 74.7. The first-order valence-electron chi connectivity index (χ1n) is 48.1. The van der Waals surface area contributed by atoms with Crippen LogP contribution in [0.2, 0.25) is 0 Å². The molecule has 122 heavy (non-hydrogen) atoms. The molecular weight excluding hydrogens is 1500 g/mol. The summed E-state index contributed by atoms with van der Waals surface area (Å²) in [5, 5.41) is 5.08. The average Bonchev–Trinajstić information content (AvgIpc) is 1.55. The second-order valence-corrected chi connectivity index (χ2v) is 42.8. The zero-order chi connectivity index (χ0) is 80.4. The first-order chi connectivity index (χ1) is 60.1.